The third-order valence-corrected chi connectivity index (χ3v) is 3.87. The van der Waals surface area contributed by atoms with Gasteiger partial charge in [-0.2, -0.15) is 0 Å². The molecule has 1 saturated heterocycles. The van der Waals surface area contributed by atoms with Gasteiger partial charge in [-0.25, -0.2) is 0 Å². The first-order valence-electron chi connectivity index (χ1n) is 7.39. The van der Waals surface area contributed by atoms with Gasteiger partial charge in [0.05, 0.1) is 13.2 Å². The zero-order valence-corrected chi connectivity index (χ0v) is 12.4. The van der Waals surface area contributed by atoms with Gasteiger partial charge in [0.25, 0.3) is 0 Å². The van der Waals surface area contributed by atoms with Gasteiger partial charge >= 0.3 is 0 Å². The molecule has 1 atom stereocenters. The monoisotopic (exact) mass is 276 g/mol. The van der Waals surface area contributed by atoms with Crippen LogP contribution in [0, 0.1) is 0 Å². The Kier molecular flexibility index (Phi) is 5.41. The van der Waals surface area contributed by atoms with Gasteiger partial charge in [0.2, 0.25) is 5.91 Å². The predicted molar refractivity (Wildman–Crippen MR) is 79.8 cm³/mol. The standard InChI is InChI=1S/C16H24N2O2/c1-3-16(19)17-12-15(18-9-4-5-10-18)13-7-6-8-14(11-13)20-2/h6-8,11,15H,3-5,9-10,12H2,1-2H3,(H,17,19). The summed E-state index contributed by atoms with van der Waals surface area (Å²) >= 11 is 0. The lowest BCUT2D eigenvalue weighted by Gasteiger charge is -2.28. The quantitative estimate of drug-likeness (QED) is 0.867. The highest BCUT2D eigenvalue weighted by Gasteiger charge is 2.24. The van der Waals surface area contributed by atoms with Crippen LogP contribution in [0.4, 0.5) is 0 Å². The molecule has 0 saturated carbocycles. The molecule has 1 heterocycles. The van der Waals surface area contributed by atoms with Gasteiger partial charge in [-0.15, -0.1) is 0 Å². The van der Waals surface area contributed by atoms with E-state index in [1.165, 1.54) is 18.4 Å². The van der Waals surface area contributed by atoms with Crippen LogP contribution in [0.15, 0.2) is 24.3 Å². The molecule has 0 radical (unpaired) electrons. The molecule has 0 spiro atoms. The Labute approximate surface area is 121 Å². The Balaban J connectivity index is 2.13. The van der Waals surface area contributed by atoms with E-state index in [0.717, 1.165) is 18.8 Å². The Morgan fingerprint density at radius 2 is 2.15 bits per heavy atom. The molecule has 1 amide bonds. The van der Waals surface area contributed by atoms with E-state index in [9.17, 15) is 4.79 Å². The predicted octanol–water partition coefficient (Wildman–Crippen LogP) is 2.36. The summed E-state index contributed by atoms with van der Waals surface area (Å²) in [6.45, 7) is 4.75. The number of rotatable bonds is 6. The van der Waals surface area contributed by atoms with Gasteiger partial charge in [0.15, 0.2) is 0 Å². The summed E-state index contributed by atoms with van der Waals surface area (Å²) in [5.41, 5.74) is 1.21. The molecule has 20 heavy (non-hydrogen) atoms. The first-order valence-corrected chi connectivity index (χ1v) is 7.39. The van der Waals surface area contributed by atoms with Gasteiger partial charge in [0.1, 0.15) is 5.75 Å². The summed E-state index contributed by atoms with van der Waals surface area (Å²) in [5, 5.41) is 3.02. The van der Waals surface area contributed by atoms with Crippen molar-refractivity contribution < 1.29 is 9.53 Å². The lowest BCUT2D eigenvalue weighted by molar-refractivity contribution is -0.121. The van der Waals surface area contributed by atoms with Gasteiger partial charge in [-0.3, -0.25) is 9.69 Å². The summed E-state index contributed by atoms with van der Waals surface area (Å²) in [4.78, 5) is 14.0. The number of nitrogens with one attached hydrogen (secondary N) is 1. The van der Waals surface area contributed by atoms with Crippen molar-refractivity contribution in [1.29, 1.82) is 0 Å². The van der Waals surface area contributed by atoms with Crippen LogP contribution in [0.5, 0.6) is 5.75 Å². The number of hydrogen-bond acceptors (Lipinski definition) is 3. The molecule has 110 valence electrons. The van der Waals surface area contributed by atoms with Crippen LogP contribution >= 0.6 is 0 Å². The fourth-order valence-corrected chi connectivity index (χ4v) is 2.70. The van der Waals surface area contributed by atoms with E-state index in [1.54, 1.807) is 7.11 Å². The lowest BCUT2D eigenvalue weighted by Crippen LogP contribution is -2.36. The van der Waals surface area contributed by atoms with Crippen molar-refractivity contribution in [2.24, 2.45) is 0 Å². The molecular weight excluding hydrogens is 252 g/mol. The van der Waals surface area contributed by atoms with Crippen molar-refractivity contribution in [3.63, 3.8) is 0 Å². The van der Waals surface area contributed by atoms with Gasteiger partial charge < -0.3 is 10.1 Å². The van der Waals surface area contributed by atoms with E-state index in [4.69, 9.17) is 4.74 Å². The van der Waals surface area contributed by atoms with Crippen LogP contribution in [0.1, 0.15) is 37.8 Å². The van der Waals surface area contributed by atoms with Crippen LogP contribution in [0.2, 0.25) is 0 Å². The summed E-state index contributed by atoms with van der Waals surface area (Å²) in [6, 6.07) is 8.39. The second-order valence-corrected chi connectivity index (χ2v) is 5.19. The smallest absolute Gasteiger partial charge is 0.219 e. The first-order chi connectivity index (χ1) is 9.74. The lowest BCUT2D eigenvalue weighted by atomic mass is 10.0. The molecule has 1 N–H and O–H groups in total. The number of methoxy groups -OCH3 is 1. The largest absolute Gasteiger partial charge is 0.497 e. The number of hydrogen-bond donors (Lipinski definition) is 1. The zero-order valence-electron chi connectivity index (χ0n) is 12.4. The van der Waals surface area contributed by atoms with Gasteiger partial charge in [-0.05, 0) is 43.6 Å². The molecule has 1 unspecified atom stereocenters. The Morgan fingerprint density at radius 1 is 1.40 bits per heavy atom. The molecule has 0 bridgehead atoms. The third kappa shape index (κ3) is 3.73. The SMILES string of the molecule is CCC(=O)NCC(c1cccc(OC)c1)N1CCCC1. The van der Waals surface area contributed by atoms with E-state index in [-0.39, 0.29) is 11.9 Å². The van der Waals surface area contributed by atoms with E-state index < -0.39 is 0 Å². The normalized spacial score (nSPS) is 16.9. The summed E-state index contributed by atoms with van der Waals surface area (Å²) in [6.07, 6.45) is 3.01. The first kappa shape index (κ1) is 14.9. The van der Waals surface area contributed by atoms with E-state index in [1.807, 2.05) is 19.1 Å². The second-order valence-electron chi connectivity index (χ2n) is 5.19. The molecule has 4 heteroatoms. The molecule has 4 nitrogen and oxygen atoms in total. The Hall–Kier alpha value is -1.55. The van der Waals surface area contributed by atoms with Gasteiger partial charge in [-0.1, -0.05) is 19.1 Å². The summed E-state index contributed by atoms with van der Waals surface area (Å²) < 4.78 is 5.31. The van der Waals surface area contributed by atoms with Crippen molar-refractivity contribution in [2.45, 2.75) is 32.2 Å². The number of amides is 1. The number of carbonyl (C=O) groups is 1. The molecule has 0 aromatic heterocycles. The number of nitrogens with zero attached hydrogens (tertiary/aromatic N) is 1. The van der Waals surface area contributed by atoms with Crippen molar-refractivity contribution in [1.82, 2.24) is 10.2 Å². The van der Waals surface area contributed by atoms with Crippen LogP contribution in [-0.2, 0) is 4.79 Å². The van der Waals surface area contributed by atoms with Gasteiger partial charge in [0, 0.05) is 13.0 Å². The van der Waals surface area contributed by atoms with Crippen molar-refractivity contribution in [3.05, 3.63) is 29.8 Å². The highest BCUT2D eigenvalue weighted by molar-refractivity contribution is 5.75. The number of benzene rings is 1. The minimum Gasteiger partial charge on any atom is -0.497 e. The average Bonchev–Trinajstić information content (AvgIpc) is 3.01. The Morgan fingerprint density at radius 3 is 2.80 bits per heavy atom. The topological polar surface area (TPSA) is 41.6 Å². The summed E-state index contributed by atoms with van der Waals surface area (Å²) in [5.74, 6) is 0.977. The highest BCUT2D eigenvalue weighted by Crippen LogP contribution is 2.27. The van der Waals surface area contributed by atoms with E-state index in [2.05, 4.69) is 22.3 Å². The minimum atomic E-state index is 0.108. The molecule has 1 aromatic carbocycles. The Bertz CT molecular complexity index is 442. The second kappa shape index (κ2) is 7.29. The average molecular weight is 276 g/mol. The fourth-order valence-electron chi connectivity index (χ4n) is 2.70. The zero-order chi connectivity index (χ0) is 14.4. The molecule has 0 aliphatic carbocycles. The van der Waals surface area contributed by atoms with Crippen molar-refractivity contribution in [2.75, 3.05) is 26.7 Å². The molecule has 2 rings (SSSR count). The highest BCUT2D eigenvalue weighted by atomic mass is 16.5. The maximum Gasteiger partial charge on any atom is 0.219 e. The van der Waals surface area contributed by atoms with E-state index >= 15 is 0 Å². The number of carbonyl (C=O) groups excluding carboxylic acids is 1. The molecule has 1 fully saturated rings. The maximum absolute atomic E-state index is 11.5. The molecule has 1 aliphatic heterocycles. The van der Waals surface area contributed by atoms with E-state index in [0.29, 0.717) is 13.0 Å². The van der Waals surface area contributed by atoms with Crippen molar-refractivity contribution >= 4 is 5.91 Å². The number of likely N-dealkylation sites (tertiary alicyclic amines) is 1. The molecule has 1 aromatic rings. The van der Waals surface area contributed by atoms with Crippen LogP contribution in [0.3, 0.4) is 0 Å². The maximum atomic E-state index is 11.5. The molecular formula is C16H24N2O2. The summed E-state index contributed by atoms with van der Waals surface area (Å²) in [7, 11) is 1.68. The van der Waals surface area contributed by atoms with Crippen LogP contribution < -0.4 is 10.1 Å². The number of ether oxygens (including phenoxy) is 1. The minimum absolute atomic E-state index is 0.108. The fraction of sp³-hybridized carbons (Fsp3) is 0.562. The van der Waals surface area contributed by atoms with Crippen LogP contribution in [0.25, 0.3) is 0 Å². The van der Waals surface area contributed by atoms with Crippen LogP contribution in [-0.4, -0.2) is 37.6 Å². The van der Waals surface area contributed by atoms with Crippen molar-refractivity contribution in [3.8, 4) is 5.75 Å². The molecule has 1 aliphatic rings. The third-order valence-electron chi connectivity index (χ3n) is 3.87.